The average Bonchev–Trinajstić information content (AvgIpc) is 2.77. The molecule has 1 fully saturated rings. The molecule has 0 bridgehead atoms. The summed E-state index contributed by atoms with van der Waals surface area (Å²) in [4.78, 5) is 35.5. The maximum Gasteiger partial charge on any atom is 0.343 e. The first-order chi connectivity index (χ1) is 9.56. The number of nitrogens with one attached hydrogen (secondary N) is 1. The molecule has 6 nitrogen and oxygen atoms in total. The van der Waals surface area contributed by atoms with E-state index in [4.69, 9.17) is 5.11 Å². The van der Waals surface area contributed by atoms with Crippen molar-refractivity contribution in [1.82, 2.24) is 10.2 Å². The zero-order valence-electron chi connectivity index (χ0n) is 12.7. The Hall–Kier alpha value is -1.66. The van der Waals surface area contributed by atoms with Crippen LogP contribution in [0.4, 0.5) is 4.39 Å². The molecule has 1 atom stereocenters. The van der Waals surface area contributed by atoms with E-state index < -0.39 is 23.6 Å². The van der Waals surface area contributed by atoms with Gasteiger partial charge in [0.15, 0.2) is 0 Å². The first kappa shape index (κ1) is 17.4. The maximum atomic E-state index is 13.8. The summed E-state index contributed by atoms with van der Waals surface area (Å²) < 4.78 is 13.8. The molecule has 0 saturated carbocycles. The largest absolute Gasteiger partial charge is 0.479 e. The van der Waals surface area contributed by atoms with Gasteiger partial charge in [0.25, 0.3) is 0 Å². The van der Waals surface area contributed by atoms with Gasteiger partial charge in [-0.1, -0.05) is 20.8 Å². The fourth-order valence-electron chi connectivity index (χ4n) is 2.03. The van der Waals surface area contributed by atoms with Crippen molar-refractivity contribution in [3.05, 3.63) is 0 Å². The van der Waals surface area contributed by atoms with Gasteiger partial charge in [0.1, 0.15) is 0 Å². The molecule has 1 unspecified atom stereocenters. The Labute approximate surface area is 123 Å². The molecule has 0 aliphatic carbocycles. The molecular weight excluding hydrogens is 279 g/mol. The third-order valence-electron chi connectivity index (χ3n) is 3.49. The molecule has 1 rings (SSSR count). The van der Waals surface area contributed by atoms with E-state index in [-0.39, 0.29) is 31.2 Å². The van der Waals surface area contributed by atoms with E-state index in [1.165, 1.54) is 4.90 Å². The van der Waals surface area contributed by atoms with Crippen molar-refractivity contribution in [3.8, 4) is 0 Å². The highest BCUT2D eigenvalue weighted by atomic mass is 19.1. The van der Waals surface area contributed by atoms with Crippen molar-refractivity contribution >= 4 is 17.8 Å². The van der Waals surface area contributed by atoms with Gasteiger partial charge in [-0.2, -0.15) is 0 Å². The highest BCUT2D eigenvalue weighted by Gasteiger charge is 2.46. The molecule has 0 aromatic carbocycles. The summed E-state index contributed by atoms with van der Waals surface area (Å²) in [5.41, 5.74) is -2.80. The number of rotatable bonds is 5. The van der Waals surface area contributed by atoms with Crippen LogP contribution in [0.5, 0.6) is 0 Å². The Bertz CT molecular complexity index is 433. The second-order valence-corrected chi connectivity index (χ2v) is 6.45. The molecule has 1 aliphatic heterocycles. The topological polar surface area (TPSA) is 86.7 Å². The number of aliphatic carboxylic acids is 1. The van der Waals surface area contributed by atoms with Crippen LogP contribution in [0, 0.1) is 5.41 Å². The molecule has 0 spiro atoms. The molecule has 120 valence electrons. The molecular formula is C14H23FN2O4. The maximum absolute atomic E-state index is 13.8. The second-order valence-electron chi connectivity index (χ2n) is 6.45. The van der Waals surface area contributed by atoms with Crippen LogP contribution in [0.15, 0.2) is 0 Å². The highest BCUT2D eigenvalue weighted by molar-refractivity contribution is 5.82. The summed E-state index contributed by atoms with van der Waals surface area (Å²) >= 11 is 0. The molecule has 0 radical (unpaired) electrons. The fourth-order valence-corrected chi connectivity index (χ4v) is 2.03. The lowest BCUT2D eigenvalue weighted by molar-refractivity contribution is -0.150. The molecule has 2 N–H and O–H groups in total. The summed E-state index contributed by atoms with van der Waals surface area (Å²) in [5, 5.41) is 11.5. The van der Waals surface area contributed by atoms with Gasteiger partial charge >= 0.3 is 5.97 Å². The van der Waals surface area contributed by atoms with Crippen molar-refractivity contribution in [2.45, 2.75) is 45.7 Å². The Balaban J connectivity index is 2.30. The lowest BCUT2D eigenvalue weighted by Gasteiger charge is -2.19. The summed E-state index contributed by atoms with van der Waals surface area (Å²) in [6, 6.07) is 0. The number of nitrogens with zero attached hydrogens (tertiary/aromatic N) is 1. The SMILES string of the molecule is CC(C)(C)C(=O)NCCCC(=O)N1CCC(F)(C(=O)O)C1. The third-order valence-corrected chi connectivity index (χ3v) is 3.49. The van der Waals surface area contributed by atoms with Crippen LogP contribution in [0.1, 0.15) is 40.0 Å². The highest BCUT2D eigenvalue weighted by Crippen LogP contribution is 2.26. The van der Waals surface area contributed by atoms with Gasteiger partial charge in [-0.25, -0.2) is 9.18 Å². The number of carboxylic acid groups (broad SMARTS) is 1. The standard InChI is InChI=1S/C14H23FN2O4/c1-13(2,3)11(19)16-7-4-5-10(18)17-8-6-14(15,9-17)12(20)21/h4-9H2,1-3H3,(H,16,19)(H,20,21). The molecule has 2 amide bonds. The Morgan fingerprint density at radius 3 is 2.43 bits per heavy atom. The lowest BCUT2D eigenvalue weighted by Crippen LogP contribution is -2.39. The van der Waals surface area contributed by atoms with Crippen LogP contribution >= 0.6 is 0 Å². The van der Waals surface area contributed by atoms with E-state index >= 15 is 0 Å². The van der Waals surface area contributed by atoms with Crippen LogP contribution in [-0.4, -0.2) is 53.1 Å². The van der Waals surface area contributed by atoms with Crippen LogP contribution in [0.25, 0.3) is 0 Å². The van der Waals surface area contributed by atoms with Crippen molar-refractivity contribution < 1.29 is 23.9 Å². The number of carboxylic acids is 1. The van der Waals surface area contributed by atoms with E-state index in [1.807, 2.05) is 0 Å². The molecule has 0 aromatic rings. The van der Waals surface area contributed by atoms with Gasteiger partial charge in [-0.3, -0.25) is 9.59 Å². The number of halogens is 1. The third kappa shape index (κ3) is 4.68. The van der Waals surface area contributed by atoms with E-state index in [1.54, 1.807) is 20.8 Å². The molecule has 7 heteroatoms. The summed E-state index contributed by atoms with van der Waals surface area (Å²) in [7, 11) is 0. The number of hydrogen-bond acceptors (Lipinski definition) is 3. The van der Waals surface area contributed by atoms with Crippen molar-refractivity contribution in [3.63, 3.8) is 0 Å². The Morgan fingerprint density at radius 2 is 1.95 bits per heavy atom. The minimum atomic E-state index is -2.32. The van der Waals surface area contributed by atoms with Crippen LogP contribution < -0.4 is 5.32 Å². The summed E-state index contributed by atoms with van der Waals surface area (Å²) in [6.07, 6.45) is 0.443. The van der Waals surface area contributed by atoms with Gasteiger partial charge in [-0.15, -0.1) is 0 Å². The Kier molecular flexibility index (Phi) is 5.31. The molecule has 1 aliphatic rings. The number of carbonyl (C=O) groups excluding carboxylic acids is 2. The van der Waals surface area contributed by atoms with Crippen LogP contribution in [0.2, 0.25) is 0 Å². The van der Waals surface area contributed by atoms with Crippen molar-refractivity contribution in [2.24, 2.45) is 5.41 Å². The number of alkyl halides is 1. The van der Waals surface area contributed by atoms with E-state index in [9.17, 15) is 18.8 Å². The van der Waals surface area contributed by atoms with Gasteiger partial charge < -0.3 is 15.3 Å². The van der Waals surface area contributed by atoms with Gasteiger partial charge in [0, 0.05) is 31.3 Å². The predicted molar refractivity (Wildman–Crippen MR) is 74.4 cm³/mol. The zero-order chi connectivity index (χ0) is 16.3. The smallest absolute Gasteiger partial charge is 0.343 e. The van der Waals surface area contributed by atoms with E-state index in [0.717, 1.165) is 0 Å². The number of likely N-dealkylation sites (tertiary alicyclic amines) is 1. The fraction of sp³-hybridized carbons (Fsp3) is 0.786. The van der Waals surface area contributed by atoms with Crippen molar-refractivity contribution in [1.29, 1.82) is 0 Å². The van der Waals surface area contributed by atoms with Gasteiger partial charge in [0.2, 0.25) is 17.5 Å². The molecule has 0 aromatic heterocycles. The van der Waals surface area contributed by atoms with E-state index in [2.05, 4.69) is 5.32 Å². The van der Waals surface area contributed by atoms with E-state index in [0.29, 0.717) is 13.0 Å². The van der Waals surface area contributed by atoms with Gasteiger partial charge in [-0.05, 0) is 6.42 Å². The molecule has 1 heterocycles. The predicted octanol–water partition coefficient (Wildman–Crippen LogP) is 0.954. The van der Waals surface area contributed by atoms with Crippen LogP contribution in [-0.2, 0) is 14.4 Å². The summed E-state index contributed by atoms with van der Waals surface area (Å²) in [6.45, 7) is 5.49. The normalized spacial score (nSPS) is 22.2. The summed E-state index contributed by atoms with van der Waals surface area (Å²) in [5.74, 6) is -1.89. The van der Waals surface area contributed by atoms with Gasteiger partial charge in [0.05, 0.1) is 6.54 Å². The minimum absolute atomic E-state index is 0.0928. The Morgan fingerprint density at radius 1 is 1.33 bits per heavy atom. The number of hydrogen-bond donors (Lipinski definition) is 2. The molecule has 21 heavy (non-hydrogen) atoms. The quantitative estimate of drug-likeness (QED) is 0.740. The minimum Gasteiger partial charge on any atom is -0.479 e. The monoisotopic (exact) mass is 302 g/mol. The number of amides is 2. The zero-order valence-corrected chi connectivity index (χ0v) is 12.7. The number of carbonyl (C=O) groups is 3. The van der Waals surface area contributed by atoms with Crippen molar-refractivity contribution in [2.75, 3.05) is 19.6 Å². The molecule has 1 saturated heterocycles. The lowest BCUT2D eigenvalue weighted by atomic mass is 9.96. The first-order valence-corrected chi connectivity index (χ1v) is 7.05. The van der Waals surface area contributed by atoms with Crippen LogP contribution in [0.3, 0.4) is 0 Å². The first-order valence-electron chi connectivity index (χ1n) is 7.05. The second kappa shape index (κ2) is 6.41. The average molecular weight is 302 g/mol.